The highest BCUT2D eigenvalue weighted by molar-refractivity contribution is 6.32. The third-order valence-corrected chi connectivity index (χ3v) is 3.75. The highest BCUT2D eigenvalue weighted by atomic mass is 35.5. The fourth-order valence-electron chi connectivity index (χ4n) is 2.42. The topological polar surface area (TPSA) is 63.2 Å². The quantitative estimate of drug-likeness (QED) is 0.740. The molecule has 1 aliphatic rings. The summed E-state index contributed by atoms with van der Waals surface area (Å²) in [5.41, 5.74) is 1.88. The maximum absolute atomic E-state index is 12.5. The van der Waals surface area contributed by atoms with Gasteiger partial charge in [0, 0.05) is 27.9 Å². The molecule has 0 saturated heterocycles. The summed E-state index contributed by atoms with van der Waals surface area (Å²) in [6.07, 6.45) is 0. The maximum atomic E-state index is 12.5. The second-order valence-electron chi connectivity index (χ2n) is 5.07. The Kier molecular flexibility index (Phi) is 3.54. The van der Waals surface area contributed by atoms with Crippen molar-refractivity contribution in [3.05, 3.63) is 64.7 Å². The molecule has 0 heterocycles. The Morgan fingerprint density at radius 2 is 1.50 bits per heavy atom. The predicted molar refractivity (Wildman–Crippen MR) is 83.7 cm³/mol. The molecule has 0 bridgehead atoms. The van der Waals surface area contributed by atoms with Gasteiger partial charge in [-0.25, -0.2) is 0 Å². The number of halogens is 1. The summed E-state index contributed by atoms with van der Waals surface area (Å²) in [7, 11) is 0. The molecular formula is C17H12ClNO3. The summed E-state index contributed by atoms with van der Waals surface area (Å²) in [4.78, 5) is 36.6. The molecule has 110 valence electrons. The molecule has 0 radical (unpaired) electrons. The fraction of sp³-hybridized carbons (Fsp3) is 0.118. The molecule has 2 aromatic carbocycles. The van der Waals surface area contributed by atoms with E-state index in [4.69, 9.17) is 11.6 Å². The van der Waals surface area contributed by atoms with Gasteiger partial charge in [-0.05, 0) is 25.1 Å². The second kappa shape index (κ2) is 5.39. The Morgan fingerprint density at radius 1 is 0.955 bits per heavy atom. The average Bonchev–Trinajstić information content (AvgIpc) is 2.52. The van der Waals surface area contributed by atoms with Crippen LogP contribution in [-0.2, 0) is 4.79 Å². The molecule has 0 aliphatic heterocycles. The number of amides is 1. The molecule has 3 rings (SSSR count). The van der Waals surface area contributed by atoms with E-state index in [1.807, 2.05) is 0 Å². The van der Waals surface area contributed by atoms with E-state index in [9.17, 15) is 14.4 Å². The van der Waals surface area contributed by atoms with Gasteiger partial charge >= 0.3 is 0 Å². The van der Waals surface area contributed by atoms with Gasteiger partial charge in [0.2, 0.25) is 5.91 Å². The van der Waals surface area contributed by atoms with Gasteiger partial charge in [-0.2, -0.15) is 0 Å². The zero-order valence-electron chi connectivity index (χ0n) is 11.7. The molecule has 22 heavy (non-hydrogen) atoms. The summed E-state index contributed by atoms with van der Waals surface area (Å²) >= 11 is 5.71. The van der Waals surface area contributed by atoms with E-state index in [1.54, 1.807) is 43.3 Å². The van der Waals surface area contributed by atoms with E-state index in [1.165, 1.54) is 6.07 Å². The number of rotatable bonds is 2. The molecule has 1 aliphatic carbocycles. The minimum Gasteiger partial charge on any atom is -0.325 e. The van der Waals surface area contributed by atoms with Gasteiger partial charge in [-0.1, -0.05) is 24.3 Å². The van der Waals surface area contributed by atoms with Gasteiger partial charge in [0.05, 0.1) is 0 Å². The molecule has 5 heteroatoms. The monoisotopic (exact) mass is 313 g/mol. The zero-order chi connectivity index (χ0) is 15.9. The van der Waals surface area contributed by atoms with Gasteiger partial charge in [-0.3, -0.25) is 14.4 Å². The Morgan fingerprint density at radius 3 is 2.09 bits per heavy atom. The molecule has 0 saturated carbocycles. The average molecular weight is 314 g/mol. The Hall–Kier alpha value is -2.46. The Bertz CT molecular complexity index is 811. The second-order valence-corrected chi connectivity index (χ2v) is 5.72. The molecule has 0 fully saturated rings. The van der Waals surface area contributed by atoms with Crippen LogP contribution in [0.3, 0.4) is 0 Å². The first-order valence-corrected chi connectivity index (χ1v) is 7.20. The van der Waals surface area contributed by atoms with E-state index in [-0.39, 0.29) is 17.5 Å². The van der Waals surface area contributed by atoms with E-state index >= 15 is 0 Å². The minimum absolute atomic E-state index is 0.186. The third kappa shape index (κ3) is 2.31. The molecule has 1 amide bonds. The van der Waals surface area contributed by atoms with Crippen molar-refractivity contribution in [3.8, 4) is 0 Å². The molecule has 0 unspecified atom stereocenters. The summed E-state index contributed by atoms with van der Waals surface area (Å²) in [6.45, 7) is 1.56. The predicted octanol–water partition coefficient (Wildman–Crippen LogP) is 3.03. The normalized spacial score (nSPS) is 14.1. The zero-order valence-corrected chi connectivity index (χ0v) is 12.5. The first-order valence-electron chi connectivity index (χ1n) is 6.76. The number of hydrogen-bond donors (Lipinski definition) is 1. The summed E-state index contributed by atoms with van der Waals surface area (Å²) in [6, 6.07) is 11.4. The van der Waals surface area contributed by atoms with Crippen LogP contribution in [0.2, 0.25) is 0 Å². The molecule has 1 atom stereocenters. The van der Waals surface area contributed by atoms with Gasteiger partial charge in [-0.15, -0.1) is 11.6 Å². The number of hydrogen-bond acceptors (Lipinski definition) is 3. The van der Waals surface area contributed by atoms with Crippen LogP contribution in [0.5, 0.6) is 0 Å². The number of anilines is 1. The van der Waals surface area contributed by atoms with Crippen LogP contribution in [0.4, 0.5) is 5.69 Å². The van der Waals surface area contributed by atoms with Crippen molar-refractivity contribution in [1.29, 1.82) is 0 Å². The van der Waals surface area contributed by atoms with Crippen molar-refractivity contribution >= 4 is 34.8 Å². The number of benzene rings is 2. The van der Waals surface area contributed by atoms with Crippen LogP contribution in [0, 0.1) is 0 Å². The smallest absolute Gasteiger partial charge is 0.242 e. The highest BCUT2D eigenvalue weighted by Crippen LogP contribution is 2.29. The van der Waals surface area contributed by atoms with Crippen LogP contribution in [0.15, 0.2) is 42.5 Å². The maximum Gasteiger partial charge on any atom is 0.242 e. The fourth-order valence-corrected chi connectivity index (χ4v) is 2.47. The van der Waals surface area contributed by atoms with Gasteiger partial charge < -0.3 is 5.32 Å². The van der Waals surface area contributed by atoms with Crippen LogP contribution in [0.25, 0.3) is 0 Å². The lowest BCUT2D eigenvalue weighted by atomic mass is 9.84. The van der Waals surface area contributed by atoms with Gasteiger partial charge in [0.25, 0.3) is 0 Å². The lowest BCUT2D eigenvalue weighted by Gasteiger charge is -2.18. The van der Waals surface area contributed by atoms with Crippen LogP contribution >= 0.6 is 11.6 Å². The SMILES string of the molecule is C[C@H](Cl)C(=O)Nc1ccc2c(c1)C(=O)c1ccccc1C2=O. The molecule has 1 N–H and O–H groups in total. The number of alkyl halides is 1. The molecule has 4 nitrogen and oxygen atoms in total. The molecule has 0 aromatic heterocycles. The number of ketones is 2. The molecular weight excluding hydrogens is 302 g/mol. The van der Waals surface area contributed by atoms with Crippen LogP contribution < -0.4 is 5.32 Å². The summed E-state index contributed by atoms with van der Waals surface area (Å²) in [5, 5.41) is 1.93. The first-order chi connectivity index (χ1) is 10.5. The van der Waals surface area contributed by atoms with Crippen LogP contribution in [-0.4, -0.2) is 22.9 Å². The van der Waals surface area contributed by atoms with E-state index in [0.717, 1.165) is 0 Å². The van der Waals surface area contributed by atoms with Crippen molar-refractivity contribution in [1.82, 2.24) is 0 Å². The number of nitrogens with one attached hydrogen (secondary N) is 1. The van der Waals surface area contributed by atoms with Crippen molar-refractivity contribution < 1.29 is 14.4 Å². The standard InChI is InChI=1S/C17H12ClNO3/c1-9(18)17(22)19-10-6-7-13-14(8-10)16(21)12-5-3-2-4-11(12)15(13)20/h2-9H,1H3,(H,19,22)/t9-/m0/s1. The molecule has 2 aromatic rings. The third-order valence-electron chi connectivity index (χ3n) is 3.55. The lowest BCUT2D eigenvalue weighted by molar-refractivity contribution is -0.115. The summed E-state index contributed by atoms with van der Waals surface area (Å²) < 4.78 is 0. The Balaban J connectivity index is 2.04. The van der Waals surface area contributed by atoms with Crippen molar-refractivity contribution in [2.75, 3.05) is 5.32 Å². The number of fused-ring (bicyclic) bond motifs is 2. The van der Waals surface area contributed by atoms with Crippen molar-refractivity contribution in [2.45, 2.75) is 12.3 Å². The van der Waals surface area contributed by atoms with E-state index in [2.05, 4.69) is 5.32 Å². The van der Waals surface area contributed by atoms with E-state index in [0.29, 0.717) is 27.9 Å². The Labute approximate surface area is 132 Å². The minimum atomic E-state index is -0.686. The summed E-state index contributed by atoms with van der Waals surface area (Å²) in [5.74, 6) is -0.773. The lowest BCUT2D eigenvalue weighted by Crippen LogP contribution is -2.23. The van der Waals surface area contributed by atoms with Crippen molar-refractivity contribution in [2.24, 2.45) is 0 Å². The number of carbonyl (C=O) groups excluding carboxylic acids is 3. The largest absolute Gasteiger partial charge is 0.325 e. The highest BCUT2D eigenvalue weighted by Gasteiger charge is 2.29. The van der Waals surface area contributed by atoms with Crippen LogP contribution in [0.1, 0.15) is 38.8 Å². The van der Waals surface area contributed by atoms with E-state index < -0.39 is 5.38 Å². The van der Waals surface area contributed by atoms with Crippen molar-refractivity contribution in [3.63, 3.8) is 0 Å². The first kappa shape index (κ1) is 14.5. The van der Waals surface area contributed by atoms with Gasteiger partial charge in [0.15, 0.2) is 11.6 Å². The molecule has 0 spiro atoms. The number of carbonyl (C=O) groups is 3. The van der Waals surface area contributed by atoms with Gasteiger partial charge in [0.1, 0.15) is 5.38 Å².